The number of rotatable bonds is 4. The number of carbonyl (C=O) groups is 3. The van der Waals surface area contributed by atoms with E-state index in [0.29, 0.717) is 4.90 Å². The lowest BCUT2D eigenvalue weighted by Gasteiger charge is -2.34. The molecule has 0 bridgehead atoms. The summed E-state index contributed by atoms with van der Waals surface area (Å²) in [5, 5.41) is 9.15. The molecular formula is C14H14BrF2N3O4. The van der Waals surface area contributed by atoms with Crippen molar-refractivity contribution in [1.29, 1.82) is 0 Å². The van der Waals surface area contributed by atoms with Gasteiger partial charge in [0.05, 0.1) is 0 Å². The monoisotopic (exact) mass is 405 g/mol. The number of nitrogens with two attached hydrogens (primary N) is 2. The fourth-order valence-electron chi connectivity index (χ4n) is 2.90. The molecule has 0 radical (unpaired) electrons. The van der Waals surface area contributed by atoms with Gasteiger partial charge in [0.15, 0.2) is 0 Å². The molecule has 1 heterocycles. The molecule has 5 N–H and O–H groups in total. The number of benzene rings is 1. The SMILES string of the molecule is NC(=O)[C@@H]1C[C@@](C(N)=O)(C(F)(F)c2ccccc2Br)CN1C(=O)O. The van der Waals surface area contributed by atoms with Gasteiger partial charge in [-0.2, -0.15) is 8.78 Å². The average molecular weight is 406 g/mol. The summed E-state index contributed by atoms with van der Waals surface area (Å²) in [6.07, 6.45) is -2.43. The molecule has 10 heteroatoms. The second-order valence-electron chi connectivity index (χ2n) is 5.53. The molecular weight excluding hydrogens is 392 g/mol. The standard InChI is InChI=1S/C14H14BrF2N3O4/c15-8-4-2-1-3-7(8)14(16,17)13(11(19)22)5-9(10(18)21)20(6-13)12(23)24/h1-4,9H,5-6H2,(H2,18,21)(H2,19,22)(H,23,24)/t9-,13+/m0/s1. The van der Waals surface area contributed by atoms with E-state index in [1.165, 1.54) is 18.2 Å². The molecule has 0 spiro atoms. The second kappa shape index (κ2) is 6.00. The lowest BCUT2D eigenvalue weighted by atomic mass is 9.75. The molecule has 24 heavy (non-hydrogen) atoms. The van der Waals surface area contributed by atoms with Crippen molar-refractivity contribution in [2.45, 2.75) is 18.4 Å². The second-order valence-corrected chi connectivity index (χ2v) is 6.39. The zero-order valence-corrected chi connectivity index (χ0v) is 13.8. The maximum Gasteiger partial charge on any atom is 0.408 e. The van der Waals surface area contributed by atoms with Crippen molar-refractivity contribution in [3.8, 4) is 0 Å². The van der Waals surface area contributed by atoms with E-state index in [-0.39, 0.29) is 4.47 Å². The van der Waals surface area contributed by atoms with E-state index in [1.807, 2.05) is 0 Å². The van der Waals surface area contributed by atoms with Crippen LogP contribution in [0.3, 0.4) is 0 Å². The lowest BCUT2D eigenvalue weighted by molar-refractivity contribution is -0.160. The summed E-state index contributed by atoms with van der Waals surface area (Å²) in [5.74, 6) is -6.35. The van der Waals surface area contributed by atoms with E-state index in [4.69, 9.17) is 16.6 Å². The van der Waals surface area contributed by atoms with Crippen LogP contribution in [0.4, 0.5) is 13.6 Å². The van der Waals surface area contributed by atoms with E-state index >= 15 is 8.78 Å². The van der Waals surface area contributed by atoms with Gasteiger partial charge in [-0.05, 0) is 12.5 Å². The molecule has 1 aromatic carbocycles. The molecule has 2 rings (SSSR count). The first-order valence-electron chi connectivity index (χ1n) is 6.76. The number of likely N-dealkylation sites (tertiary alicyclic amines) is 1. The number of amides is 3. The van der Waals surface area contributed by atoms with Gasteiger partial charge in [-0.15, -0.1) is 0 Å². The van der Waals surface area contributed by atoms with Gasteiger partial charge in [0, 0.05) is 16.6 Å². The van der Waals surface area contributed by atoms with Gasteiger partial charge in [-0.3, -0.25) is 14.5 Å². The Morgan fingerprint density at radius 3 is 2.29 bits per heavy atom. The molecule has 3 amide bonds. The Kier molecular flexibility index (Phi) is 4.53. The number of hydrogen-bond acceptors (Lipinski definition) is 3. The maximum atomic E-state index is 15.2. The van der Waals surface area contributed by atoms with Gasteiger partial charge in [-0.25, -0.2) is 4.79 Å². The third kappa shape index (κ3) is 2.60. The first-order chi connectivity index (χ1) is 11.0. The predicted octanol–water partition coefficient (Wildman–Crippen LogP) is 1.25. The van der Waals surface area contributed by atoms with Crippen LogP contribution >= 0.6 is 15.9 Å². The number of carbonyl (C=O) groups excluding carboxylic acids is 2. The van der Waals surface area contributed by atoms with Gasteiger partial charge in [0.2, 0.25) is 11.8 Å². The largest absolute Gasteiger partial charge is 0.465 e. The third-order valence-electron chi connectivity index (χ3n) is 4.22. The van der Waals surface area contributed by atoms with E-state index in [9.17, 15) is 14.4 Å². The Morgan fingerprint density at radius 2 is 1.88 bits per heavy atom. The van der Waals surface area contributed by atoms with E-state index in [1.54, 1.807) is 0 Å². The molecule has 1 aliphatic heterocycles. The molecule has 1 saturated heterocycles. The Morgan fingerprint density at radius 1 is 1.29 bits per heavy atom. The molecule has 0 saturated carbocycles. The average Bonchev–Trinajstić information content (AvgIpc) is 2.90. The van der Waals surface area contributed by atoms with Crippen molar-refractivity contribution in [1.82, 2.24) is 4.90 Å². The summed E-state index contributed by atoms with van der Waals surface area (Å²) in [4.78, 5) is 35.1. The fourth-order valence-corrected chi connectivity index (χ4v) is 3.43. The minimum Gasteiger partial charge on any atom is -0.465 e. The molecule has 130 valence electrons. The smallest absolute Gasteiger partial charge is 0.408 e. The van der Waals surface area contributed by atoms with Crippen LogP contribution in [-0.2, 0) is 15.5 Å². The van der Waals surface area contributed by atoms with E-state index in [0.717, 1.165) is 6.07 Å². The van der Waals surface area contributed by atoms with Crippen LogP contribution in [0.25, 0.3) is 0 Å². The van der Waals surface area contributed by atoms with Gasteiger partial charge >= 0.3 is 6.09 Å². The lowest BCUT2D eigenvalue weighted by Crippen LogP contribution is -2.51. The summed E-state index contributed by atoms with van der Waals surface area (Å²) in [6.45, 7) is -0.931. The molecule has 1 aliphatic rings. The van der Waals surface area contributed by atoms with Gasteiger partial charge in [0.1, 0.15) is 11.5 Å². The molecule has 0 aromatic heterocycles. The molecule has 7 nitrogen and oxygen atoms in total. The molecule has 2 atom stereocenters. The fraction of sp³-hybridized carbons (Fsp3) is 0.357. The van der Waals surface area contributed by atoms with Crippen molar-refractivity contribution in [2.75, 3.05) is 6.54 Å². The number of halogens is 3. The highest BCUT2D eigenvalue weighted by molar-refractivity contribution is 9.10. The Labute approximate surface area is 143 Å². The Bertz CT molecular complexity index is 691. The number of primary amides is 2. The van der Waals surface area contributed by atoms with Gasteiger partial charge in [0.25, 0.3) is 5.92 Å². The van der Waals surface area contributed by atoms with Crippen LogP contribution in [0.15, 0.2) is 28.7 Å². The number of nitrogens with zero attached hydrogens (tertiary/aromatic N) is 1. The Balaban J connectivity index is 2.61. The topological polar surface area (TPSA) is 127 Å². The zero-order valence-electron chi connectivity index (χ0n) is 12.2. The van der Waals surface area contributed by atoms with Crippen LogP contribution in [-0.4, -0.2) is 40.5 Å². The number of carboxylic acid groups (broad SMARTS) is 1. The molecule has 1 aromatic rings. The van der Waals surface area contributed by atoms with Crippen molar-refractivity contribution in [3.63, 3.8) is 0 Å². The highest BCUT2D eigenvalue weighted by Gasteiger charge is 2.66. The summed E-state index contributed by atoms with van der Waals surface area (Å²) < 4.78 is 30.4. The van der Waals surface area contributed by atoms with E-state index in [2.05, 4.69) is 15.9 Å². The summed E-state index contributed by atoms with van der Waals surface area (Å²) in [5.41, 5.74) is 7.22. The predicted molar refractivity (Wildman–Crippen MR) is 82.0 cm³/mol. The highest BCUT2D eigenvalue weighted by Crippen LogP contribution is 2.53. The Hall–Kier alpha value is -2.23. The minimum atomic E-state index is -3.82. The van der Waals surface area contributed by atoms with Crippen LogP contribution in [0, 0.1) is 5.41 Å². The summed E-state index contributed by atoms with van der Waals surface area (Å²) in [6, 6.07) is 3.73. The normalized spacial score (nSPS) is 24.0. The van der Waals surface area contributed by atoms with Gasteiger partial charge < -0.3 is 16.6 Å². The van der Waals surface area contributed by atoms with Crippen molar-refractivity contribution < 1.29 is 28.3 Å². The molecule has 0 aliphatic carbocycles. The van der Waals surface area contributed by atoms with Crippen LogP contribution in [0.1, 0.15) is 12.0 Å². The first kappa shape index (κ1) is 18.1. The molecule has 0 unspecified atom stereocenters. The third-order valence-corrected chi connectivity index (χ3v) is 4.91. The van der Waals surface area contributed by atoms with Crippen LogP contribution in [0.5, 0.6) is 0 Å². The van der Waals surface area contributed by atoms with Crippen LogP contribution < -0.4 is 11.5 Å². The highest BCUT2D eigenvalue weighted by atomic mass is 79.9. The summed E-state index contributed by atoms with van der Waals surface area (Å²) in [7, 11) is 0. The maximum absolute atomic E-state index is 15.2. The zero-order chi connectivity index (χ0) is 18.3. The molecule has 1 fully saturated rings. The number of alkyl halides is 2. The summed E-state index contributed by atoms with van der Waals surface area (Å²) >= 11 is 2.99. The van der Waals surface area contributed by atoms with Crippen molar-refractivity contribution in [3.05, 3.63) is 34.3 Å². The van der Waals surface area contributed by atoms with Crippen molar-refractivity contribution >= 4 is 33.8 Å². The number of hydrogen-bond donors (Lipinski definition) is 3. The van der Waals surface area contributed by atoms with Gasteiger partial charge in [-0.1, -0.05) is 34.1 Å². The minimum absolute atomic E-state index is 0.0278. The van der Waals surface area contributed by atoms with E-state index < -0.39 is 53.8 Å². The first-order valence-corrected chi connectivity index (χ1v) is 7.55. The quantitative estimate of drug-likeness (QED) is 0.696. The van der Waals surface area contributed by atoms with Crippen molar-refractivity contribution in [2.24, 2.45) is 16.9 Å². The van der Waals surface area contributed by atoms with Crippen LogP contribution in [0.2, 0.25) is 0 Å².